The normalized spacial score (nSPS) is 10.1. The number of hydrogen-bond donors (Lipinski definition) is 0. The van der Waals surface area contributed by atoms with Crippen molar-refractivity contribution in [2.45, 2.75) is 48.5 Å². The summed E-state index contributed by atoms with van der Waals surface area (Å²) in [6.45, 7) is 7.67. The first-order valence-corrected chi connectivity index (χ1v) is 13.6. The minimum absolute atomic E-state index is 0.158. The van der Waals surface area contributed by atoms with E-state index in [1.165, 1.54) is 18.2 Å². The summed E-state index contributed by atoms with van der Waals surface area (Å²) in [5, 5.41) is 0. The number of rotatable bonds is 11. The molecule has 0 aliphatic rings. The van der Waals surface area contributed by atoms with Gasteiger partial charge in [-0.05, 0) is 0 Å². The van der Waals surface area contributed by atoms with E-state index in [2.05, 4.69) is 0 Å². The molecule has 0 fully saturated rings. The molecule has 0 radical (unpaired) electrons. The van der Waals surface area contributed by atoms with E-state index >= 15 is 0 Å². The third kappa shape index (κ3) is 10.9. The van der Waals surface area contributed by atoms with Gasteiger partial charge >= 0.3 is 41.8 Å². The van der Waals surface area contributed by atoms with Crippen molar-refractivity contribution >= 4 is 41.8 Å². The van der Waals surface area contributed by atoms with Crippen molar-refractivity contribution in [3.05, 3.63) is 42.5 Å². The van der Waals surface area contributed by atoms with Gasteiger partial charge in [0.1, 0.15) is 28.7 Å². The SMILES string of the molecule is CC(=O)Oc1cc(Oc2c(OC(C)=O)cc(OC(C)=O)cc2OC(C)=O)cc(Oc2c(OC(C)=O)cc(OC(C)=O)cc2OC(C)=O)c1. The van der Waals surface area contributed by atoms with Gasteiger partial charge in [-0.3, -0.25) is 33.6 Å². The number of hydrogen-bond acceptors (Lipinski definition) is 16. The molecular weight excluding hydrogens is 640 g/mol. The molecule has 0 N–H and O–H groups in total. The quantitative estimate of drug-likeness (QED) is 0.200. The first-order valence-electron chi connectivity index (χ1n) is 13.6. The molecule has 48 heavy (non-hydrogen) atoms. The molecule has 16 nitrogen and oxygen atoms in total. The second kappa shape index (κ2) is 15.7. The maximum Gasteiger partial charge on any atom is 0.308 e. The van der Waals surface area contributed by atoms with E-state index in [0.29, 0.717) is 0 Å². The van der Waals surface area contributed by atoms with Gasteiger partial charge in [0.15, 0.2) is 23.0 Å². The Kier molecular flexibility index (Phi) is 11.8. The molecule has 0 heterocycles. The molecule has 0 aromatic heterocycles. The lowest BCUT2D eigenvalue weighted by Crippen LogP contribution is -2.09. The van der Waals surface area contributed by atoms with Crippen molar-refractivity contribution in [3.8, 4) is 63.2 Å². The zero-order chi connectivity index (χ0) is 35.7. The van der Waals surface area contributed by atoms with Gasteiger partial charge in [-0.25, -0.2) is 0 Å². The van der Waals surface area contributed by atoms with Gasteiger partial charge in [0.05, 0.1) is 0 Å². The molecule has 0 saturated heterocycles. The molecule has 0 aliphatic carbocycles. The van der Waals surface area contributed by atoms with Crippen LogP contribution < -0.4 is 42.6 Å². The van der Waals surface area contributed by atoms with E-state index in [1.54, 1.807) is 0 Å². The average molecular weight is 669 g/mol. The van der Waals surface area contributed by atoms with E-state index in [9.17, 15) is 33.6 Å². The molecule has 0 bridgehead atoms. The number of benzene rings is 3. The zero-order valence-electron chi connectivity index (χ0n) is 26.6. The predicted octanol–water partition coefficient (Wildman–Crippen LogP) is 4.75. The van der Waals surface area contributed by atoms with Gasteiger partial charge < -0.3 is 42.6 Å². The maximum absolute atomic E-state index is 11.9. The van der Waals surface area contributed by atoms with E-state index in [4.69, 9.17) is 42.6 Å². The van der Waals surface area contributed by atoms with Crippen molar-refractivity contribution in [3.63, 3.8) is 0 Å². The predicted molar refractivity (Wildman–Crippen MR) is 159 cm³/mol. The maximum atomic E-state index is 11.9. The number of esters is 7. The highest BCUT2D eigenvalue weighted by Crippen LogP contribution is 2.48. The summed E-state index contributed by atoms with van der Waals surface area (Å²) in [7, 11) is 0. The molecular formula is C32H28O16. The van der Waals surface area contributed by atoms with E-state index in [1.807, 2.05) is 0 Å². The fraction of sp³-hybridized carbons (Fsp3) is 0.219. The third-order valence-electron chi connectivity index (χ3n) is 5.08. The highest BCUT2D eigenvalue weighted by Gasteiger charge is 2.24. The Morgan fingerprint density at radius 3 is 0.750 bits per heavy atom. The lowest BCUT2D eigenvalue weighted by atomic mass is 10.2. The van der Waals surface area contributed by atoms with Crippen LogP contribution in [0.15, 0.2) is 42.5 Å². The van der Waals surface area contributed by atoms with Crippen LogP contribution in [0.2, 0.25) is 0 Å². The lowest BCUT2D eigenvalue weighted by molar-refractivity contribution is -0.133. The van der Waals surface area contributed by atoms with Crippen molar-refractivity contribution in [2.24, 2.45) is 0 Å². The summed E-state index contributed by atoms with van der Waals surface area (Å²) in [6.07, 6.45) is 0. The van der Waals surface area contributed by atoms with Crippen LogP contribution >= 0.6 is 0 Å². The Balaban J connectivity index is 2.24. The summed E-state index contributed by atoms with van der Waals surface area (Å²) in [5.74, 6) is -8.39. The van der Waals surface area contributed by atoms with Crippen LogP contribution in [-0.2, 0) is 33.6 Å². The van der Waals surface area contributed by atoms with Crippen molar-refractivity contribution < 1.29 is 76.2 Å². The smallest absolute Gasteiger partial charge is 0.308 e. The summed E-state index contributed by atoms with van der Waals surface area (Å²) in [6, 6.07) is 8.15. The minimum atomic E-state index is -0.820. The van der Waals surface area contributed by atoms with Crippen LogP contribution in [-0.4, -0.2) is 41.8 Å². The minimum Gasteiger partial charge on any atom is -0.449 e. The Hall–Kier alpha value is -6.45. The molecule has 0 spiro atoms. The zero-order valence-corrected chi connectivity index (χ0v) is 26.6. The molecule has 0 unspecified atom stereocenters. The van der Waals surface area contributed by atoms with E-state index in [-0.39, 0.29) is 63.2 Å². The highest BCUT2D eigenvalue weighted by atomic mass is 16.6. The monoisotopic (exact) mass is 668 g/mol. The summed E-state index contributed by atoms with van der Waals surface area (Å²) >= 11 is 0. The molecule has 3 aromatic carbocycles. The molecule has 16 heteroatoms. The number of ether oxygens (including phenoxy) is 9. The second-order valence-corrected chi connectivity index (χ2v) is 9.50. The van der Waals surface area contributed by atoms with Crippen LogP contribution in [0.4, 0.5) is 0 Å². The molecule has 0 aliphatic heterocycles. The molecule has 3 aromatic rings. The highest BCUT2D eigenvalue weighted by molar-refractivity contribution is 5.78. The van der Waals surface area contributed by atoms with Gasteiger partial charge in [0, 0.05) is 90.9 Å². The van der Waals surface area contributed by atoms with Gasteiger partial charge in [0.25, 0.3) is 0 Å². The molecule has 3 rings (SSSR count). The van der Waals surface area contributed by atoms with E-state index in [0.717, 1.165) is 72.7 Å². The third-order valence-corrected chi connectivity index (χ3v) is 5.08. The first-order chi connectivity index (χ1) is 22.5. The van der Waals surface area contributed by atoms with Gasteiger partial charge in [-0.1, -0.05) is 0 Å². The number of carbonyl (C=O) groups excluding carboxylic acids is 7. The van der Waals surface area contributed by atoms with Gasteiger partial charge in [-0.15, -0.1) is 0 Å². The van der Waals surface area contributed by atoms with Crippen LogP contribution in [0.1, 0.15) is 48.5 Å². The summed E-state index contributed by atoms with van der Waals surface area (Å²) in [4.78, 5) is 82.9. The number of carbonyl (C=O) groups is 7. The van der Waals surface area contributed by atoms with Crippen LogP contribution in [0.25, 0.3) is 0 Å². The van der Waals surface area contributed by atoms with E-state index < -0.39 is 41.8 Å². The van der Waals surface area contributed by atoms with Gasteiger partial charge in [-0.2, -0.15) is 0 Å². The standard InChI is InChI=1S/C32H28O16/c1-15(33)40-22-8-23(47-31-27(43-18(4)36)11-25(41-16(2)34)12-28(31)44-19(5)37)10-24(9-22)48-32-29(45-20(6)38)13-26(42-17(3)35)14-30(32)46-21(7)39/h8-14H,1-7H3. The van der Waals surface area contributed by atoms with Crippen molar-refractivity contribution in [1.29, 1.82) is 0 Å². The lowest BCUT2D eigenvalue weighted by Gasteiger charge is -2.18. The van der Waals surface area contributed by atoms with Crippen molar-refractivity contribution in [2.75, 3.05) is 0 Å². The molecule has 0 saturated carbocycles. The van der Waals surface area contributed by atoms with Gasteiger partial charge in [0.2, 0.25) is 11.5 Å². The Labute approximate surface area is 272 Å². The Morgan fingerprint density at radius 1 is 0.312 bits per heavy atom. The molecule has 252 valence electrons. The average Bonchev–Trinajstić information content (AvgIpc) is 2.90. The van der Waals surface area contributed by atoms with Crippen LogP contribution in [0, 0.1) is 0 Å². The Morgan fingerprint density at radius 2 is 0.521 bits per heavy atom. The second-order valence-electron chi connectivity index (χ2n) is 9.50. The largest absolute Gasteiger partial charge is 0.449 e. The fourth-order valence-electron chi connectivity index (χ4n) is 3.80. The van der Waals surface area contributed by atoms with Crippen molar-refractivity contribution in [1.82, 2.24) is 0 Å². The summed E-state index contributed by atoms with van der Waals surface area (Å²) < 4.78 is 48.2. The summed E-state index contributed by atoms with van der Waals surface area (Å²) in [5.41, 5.74) is 0. The topological polar surface area (TPSA) is 203 Å². The first kappa shape index (κ1) is 36.0. The van der Waals surface area contributed by atoms with Crippen LogP contribution in [0.5, 0.6) is 63.2 Å². The fourth-order valence-corrected chi connectivity index (χ4v) is 3.80. The van der Waals surface area contributed by atoms with Crippen LogP contribution in [0.3, 0.4) is 0 Å². The molecule has 0 atom stereocenters. The Bertz CT molecular complexity index is 1610. The molecule has 0 amide bonds.